The third kappa shape index (κ3) is 4.05. The van der Waals surface area contributed by atoms with E-state index >= 15 is 0 Å². The molecule has 1 aromatic heterocycles. The molecule has 0 atom stereocenters. The second-order valence-electron chi connectivity index (χ2n) is 6.92. The molecule has 0 unspecified atom stereocenters. The van der Waals surface area contributed by atoms with Crippen molar-refractivity contribution in [2.45, 2.75) is 19.3 Å². The SMILES string of the molecule is O=C(c1ccc(F)cc1)N1CCC(Cc2nc(-c3ccccc3)n[nH]2)CC1. The third-order valence-electron chi connectivity index (χ3n) is 5.04. The molecule has 27 heavy (non-hydrogen) atoms. The van der Waals surface area contributed by atoms with Crippen molar-refractivity contribution >= 4 is 5.91 Å². The van der Waals surface area contributed by atoms with E-state index in [2.05, 4.69) is 15.2 Å². The van der Waals surface area contributed by atoms with Gasteiger partial charge >= 0.3 is 0 Å². The van der Waals surface area contributed by atoms with Gasteiger partial charge in [0.2, 0.25) is 0 Å². The molecule has 0 aliphatic carbocycles. The number of nitrogens with one attached hydrogen (secondary N) is 1. The molecule has 0 spiro atoms. The summed E-state index contributed by atoms with van der Waals surface area (Å²) in [4.78, 5) is 19.0. The van der Waals surface area contributed by atoms with Gasteiger partial charge in [-0.2, -0.15) is 5.10 Å². The topological polar surface area (TPSA) is 61.9 Å². The highest BCUT2D eigenvalue weighted by Gasteiger charge is 2.24. The lowest BCUT2D eigenvalue weighted by molar-refractivity contribution is 0.0690. The lowest BCUT2D eigenvalue weighted by Gasteiger charge is -2.31. The number of halogens is 1. The van der Waals surface area contributed by atoms with E-state index in [0.717, 1.165) is 36.5 Å². The zero-order chi connectivity index (χ0) is 18.6. The standard InChI is InChI=1S/C21H21FN4O/c22-18-8-6-17(7-9-18)21(27)26-12-10-15(11-13-26)14-19-23-20(25-24-19)16-4-2-1-3-5-16/h1-9,15H,10-14H2,(H,23,24,25). The molecular weight excluding hydrogens is 343 g/mol. The first-order chi connectivity index (χ1) is 13.2. The molecule has 6 heteroatoms. The van der Waals surface area contributed by atoms with Gasteiger partial charge in [-0.3, -0.25) is 9.89 Å². The van der Waals surface area contributed by atoms with Crippen molar-refractivity contribution in [3.8, 4) is 11.4 Å². The minimum absolute atomic E-state index is 0.0283. The molecule has 1 saturated heterocycles. The molecule has 4 rings (SSSR count). The summed E-state index contributed by atoms with van der Waals surface area (Å²) < 4.78 is 13.0. The van der Waals surface area contributed by atoms with Crippen molar-refractivity contribution in [2.24, 2.45) is 5.92 Å². The number of rotatable bonds is 4. The molecule has 138 valence electrons. The maximum absolute atomic E-state index is 13.0. The molecule has 1 fully saturated rings. The summed E-state index contributed by atoms with van der Waals surface area (Å²) in [5.74, 6) is 1.72. The van der Waals surface area contributed by atoms with E-state index in [4.69, 9.17) is 0 Å². The van der Waals surface area contributed by atoms with Gasteiger partial charge in [0.1, 0.15) is 11.6 Å². The first kappa shape index (κ1) is 17.4. The largest absolute Gasteiger partial charge is 0.339 e. The van der Waals surface area contributed by atoms with Crippen LogP contribution in [0.1, 0.15) is 29.0 Å². The lowest BCUT2D eigenvalue weighted by atomic mass is 9.93. The van der Waals surface area contributed by atoms with Crippen molar-refractivity contribution in [3.63, 3.8) is 0 Å². The van der Waals surface area contributed by atoms with Crippen LogP contribution in [0.25, 0.3) is 11.4 Å². The molecule has 0 radical (unpaired) electrons. The fourth-order valence-electron chi connectivity index (χ4n) is 3.49. The normalized spacial score (nSPS) is 15.1. The first-order valence-electron chi connectivity index (χ1n) is 9.20. The van der Waals surface area contributed by atoms with Crippen molar-refractivity contribution in [3.05, 3.63) is 71.8 Å². The summed E-state index contributed by atoms with van der Waals surface area (Å²) in [5, 5.41) is 7.35. The lowest BCUT2D eigenvalue weighted by Crippen LogP contribution is -2.39. The Morgan fingerprint density at radius 3 is 2.48 bits per heavy atom. The van der Waals surface area contributed by atoms with E-state index in [1.54, 1.807) is 12.1 Å². The highest BCUT2D eigenvalue weighted by molar-refractivity contribution is 5.94. The molecule has 5 nitrogen and oxygen atoms in total. The van der Waals surface area contributed by atoms with Crippen LogP contribution in [0, 0.1) is 11.7 Å². The predicted molar refractivity (Wildman–Crippen MR) is 101 cm³/mol. The Bertz CT molecular complexity index is 899. The number of aromatic amines is 1. The highest BCUT2D eigenvalue weighted by atomic mass is 19.1. The third-order valence-corrected chi connectivity index (χ3v) is 5.04. The summed E-state index contributed by atoms with van der Waals surface area (Å²) in [6, 6.07) is 15.6. The number of hydrogen-bond donors (Lipinski definition) is 1. The number of H-pyrrole nitrogens is 1. The number of amides is 1. The van der Waals surface area contributed by atoms with Gasteiger partial charge < -0.3 is 4.90 Å². The smallest absolute Gasteiger partial charge is 0.253 e. The van der Waals surface area contributed by atoms with Crippen LogP contribution in [0.3, 0.4) is 0 Å². The summed E-state index contributed by atoms with van der Waals surface area (Å²) >= 11 is 0. The predicted octanol–water partition coefficient (Wildman–Crippen LogP) is 3.71. The van der Waals surface area contributed by atoms with Crippen LogP contribution in [0.5, 0.6) is 0 Å². The van der Waals surface area contributed by atoms with E-state index in [-0.39, 0.29) is 11.7 Å². The summed E-state index contributed by atoms with van der Waals surface area (Å²) in [6.07, 6.45) is 2.68. The fourth-order valence-corrected chi connectivity index (χ4v) is 3.49. The molecule has 2 aromatic carbocycles. The van der Waals surface area contributed by atoms with Crippen molar-refractivity contribution in [2.75, 3.05) is 13.1 Å². The van der Waals surface area contributed by atoms with Crippen molar-refractivity contribution in [1.29, 1.82) is 0 Å². The monoisotopic (exact) mass is 364 g/mol. The van der Waals surface area contributed by atoms with Crippen LogP contribution >= 0.6 is 0 Å². The molecule has 3 aromatic rings. The van der Waals surface area contributed by atoms with E-state index in [1.165, 1.54) is 12.1 Å². The first-order valence-corrected chi connectivity index (χ1v) is 9.20. The number of piperidine rings is 1. The average Bonchev–Trinajstić information content (AvgIpc) is 3.18. The molecule has 1 amide bonds. The van der Waals surface area contributed by atoms with E-state index < -0.39 is 0 Å². The summed E-state index contributed by atoms with van der Waals surface area (Å²) in [7, 11) is 0. The summed E-state index contributed by atoms with van der Waals surface area (Å²) in [6.45, 7) is 1.42. The van der Waals surface area contributed by atoms with Gasteiger partial charge in [0.05, 0.1) is 0 Å². The number of carbonyl (C=O) groups is 1. The van der Waals surface area contributed by atoms with Gasteiger partial charge in [-0.25, -0.2) is 9.37 Å². The number of benzene rings is 2. The Balaban J connectivity index is 1.33. The summed E-state index contributed by atoms with van der Waals surface area (Å²) in [5.41, 5.74) is 1.54. The number of aromatic nitrogens is 3. The van der Waals surface area contributed by atoms with Gasteiger partial charge in [0.15, 0.2) is 5.82 Å². The van der Waals surface area contributed by atoms with Gasteiger partial charge in [-0.1, -0.05) is 30.3 Å². The molecule has 0 saturated carbocycles. The molecular formula is C21H21FN4O. The molecule has 1 aliphatic heterocycles. The van der Waals surface area contributed by atoms with E-state index in [0.29, 0.717) is 24.6 Å². The highest BCUT2D eigenvalue weighted by Crippen LogP contribution is 2.23. The zero-order valence-electron chi connectivity index (χ0n) is 14.9. The van der Waals surface area contributed by atoms with Gasteiger partial charge in [0, 0.05) is 30.6 Å². The van der Waals surface area contributed by atoms with Gasteiger partial charge in [-0.05, 0) is 43.0 Å². The Labute approximate surface area is 157 Å². The van der Waals surface area contributed by atoms with Gasteiger partial charge in [0.25, 0.3) is 5.91 Å². The van der Waals surface area contributed by atoms with Crippen LogP contribution in [0.2, 0.25) is 0 Å². The zero-order valence-corrected chi connectivity index (χ0v) is 14.9. The molecule has 1 aliphatic rings. The fraction of sp³-hybridized carbons (Fsp3) is 0.286. The second-order valence-corrected chi connectivity index (χ2v) is 6.92. The number of nitrogens with zero attached hydrogens (tertiary/aromatic N) is 3. The van der Waals surface area contributed by atoms with Crippen LogP contribution in [0.4, 0.5) is 4.39 Å². The van der Waals surface area contributed by atoms with Crippen LogP contribution in [-0.2, 0) is 6.42 Å². The maximum atomic E-state index is 13.0. The molecule has 0 bridgehead atoms. The Morgan fingerprint density at radius 2 is 1.78 bits per heavy atom. The van der Waals surface area contributed by atoms with Crippen LogP contribution in [0.15, 0.2) is 54.6 Å². The minimum Gasteiger partial charge on any atom is -0.339 e. The van der Waals surface area contributed by atoms with Crippen LogP contribution < -0.4 is 0 Å². The van der Waals surface area contributed by atoms with Crippen molar-refractivity contribution in [1.82, 2.24) is 20.1 Å². The molecule has 2 heterocycles. The van der Waals surface area contributed by atoms with Gasteiger partial charge in [-0.15, -0.1) is 0 Å². The van der Waals surface area contributed by atoms with E-state index in [1.807, 2.05) is 35.2 Å². The Morgan fingerprint density at radius 1 is 1.07 bits per heavy atom. The Kier molecular flexibility index (Phi) is 4.96. The van der Waals surface area contributed by atoms with Crippen molar-refractivity contribution < 1.29 is 9.18 Å². The van der Waals surface area contributed by atoms with Crippen LogP contribution in [-0.4, -0.2) is 39.1 Å². The molecule has 1 N–H and O–H groups in total. The maximum Gasteiger partial charge on any atom is 0.253 e. The second kappa shape index (κ2) is 7.70. The van der Waals surface area contributed by atoms with E-state index in [9.17, 15) is 9.18 Å². The quantitative estimate of drug-likeness (QED) is 0.768. The average molecular weight is 364 g/mol. The number of hydrogen-bond acceptors (Lipinski definition) is 3. The number of likely N-dealkylation sites (tertiary alicyclic amines) is 1. The Hall–Kier alpha value is -3.02. The minimum atomic E-state index is -0.327. The number of carbonyl (C=O) groups excluding carboxylic acids is 1.